The third-order valence-corrected chi connectivity index (χ3v) is 4.24. The zero-order valence-corrected chi connectivity index (χ0v) is 11.7. The van der Waals surface area contributed by atoms with Crippen molar-refractivity contribution in [1.29, 1.82) is 0 Å². The highest BCUT2D eigenvalue weighted by Crippen LogP contribution is 2.25. The second kappa shape index (κ2) is 6.83. The molecule has 1 saturated carbocycles. The summed E-state index contributed by atoms with van der Waals surface area (Å²) < 4.78 is 5.56. The predicted octanol–water partition coefficient (Wildman–Crippen LogP) is 3.94. The topological polar surface area (TPSA) is 26.3 Å². The number of rotatable bonds is 5. The molecule has 0 N–H and O–H groups in total. The normalized spacial score (nSPS) is 16.5. The van der Waals surface area contributed by atoms with Gasteiger partial charge in [-0.2, -0.15) is 0 Å². The van der Waals surface area contributed by atoms with Gasteiger partial charge in [-0.15, -0.1) is 11.8 Å². The van der Waals surface area contributed by atoms with Gasteiger partial charge in [0.15, 0.2) is 5.78 Å². The first-order valence-corrected chi connectivity index (χ1v) is 7.81. The van der Waals surface area contributed by atoms with Gasteiger partial charge in [-0.05, 0) is 43.4 Å². The maximum Gasteiger partial charge on any atom is 0.173 e. The first-order chi connectivity index (χ1) is 8.79. The number of Topliss-reactive ketones (excluding diaryl/α,β-unsaturated/α-hetero) is 1. The molecule has 0 amide bonds. The van der Waals surface area contributed by atoms with E-state index in [4.69, 9.17) is 4.74 Å². The first kappa shape index (κ1) is 13.5. The molecular formula is C15H20O2S. The molecule has 3 heteroatoms. The molecule has 1 aromatic rings. The van der Waals surface area contributed by atoms with E-state index < -0.39 is 0 Å². The third-order valence-electron chi connectivity index (χ3n) is 3.50. The fourth-order valence-corrected chi connectivity index (χ4v) is 2.78. The molecule has 0 radical (unpaired) electrons. The van der Waals surface area contributed by atoms with Crippen LogP contribution in [0.3, 0.4) is 0 Å². The Hall–Kier alpha value is -0.960. The number of carbonyl (C=O) groups is 1. The second-order valence-corrected chi connectivity index (χ2v) is 5.65. The summed E-state index contributed by atoms with van der Waals surface area (Å²) in [6, 6.07) is 7.90. The van der Waals surface area contributed by atoms with Crippen LogP contribution in [0.1, 0.15) is 32.1 Å². The van der Waals surface area contributed by atoms with E-state index in [0.717, 1.165) is 18.6 Å². The van der Waals surface area contributed by atoms with Crippen molar-refractivity contribution in [1.82, 2.24) is 0 Å². The second-order valence-electron chi connectivity index (χ2n) is 4.77. The van der Waals surface area contributed by atoms with Gasteiger partial charge >= 0.3 is 0 Å². The van der Waals surface area contributed by atoms with Crippen LogP contribution in [0.4, 0.5) is 0 Å². The van der Waals surface area contributed by atoms with Crippen LogP contribution in [-0.4, -0.2) is 18.6 Å². The summed E-state index contributed by atoms with van der Waals surface area (Å²) in [5.41, 5.74) is 0. The molecule has 98 valence electrons. The van der Waals surface area contributed by atoms with Crippen LogP contribution in [0.2, 0.25) is 0 Å². The Kier molecular flexibility index (Phi) is 5.12. The van der Waals surface area contributed by atoms with Gasteiger partial charge in [-0.25, -0.2) is 0 Å². The van der Waals surface area contributed by atoms with Crippen LogP contribution in [0.15, 0.2) is 29.2 Å². The molecule has 0 spiro atoms. The monoisotopic (exact) mass is 264 g/mol. The van der Waals surface area contributed by atoms with E-state index in [-0.39, 0.29) is 18.3 Å². The van der Waals surface area contributed by atoms with Crippen LogP contribution >= 0.6 is 11.8 Å². The number of hydrogen-bond acceptors (Lipinski definition) is 3. The van der Waals surface area contributed by atoms with Gasteiger partial charge in [-0.3, -0.25) is 4.79 Å². The van der Waals surface area contributed by atoms with Crippen molar-refractivity contribution in [3.8, 4) is 5.75 Å². The largest absolute Gasteiger partial charge is 0.486 e. The Bertz CT molecular complexity index is 380. The van der Waals surface area contributed by atoms with E-state index in [0.29, 0.717) is 0 Å². The smallest absolute Gasteiger partial charge is 0.173 e. The molecular weight excluding hydrogens is 244 g/mol. The Morgan fingerprint density at radius 2 is 1.89 bits per heavy atom. The number of thioether (sulfide) groups is 1. The zero-order chi connectivity index (χ0) is 12.8. The lowest BCUT2D eigenvalue weighted by Gasteiger charge is -2.20. The van der Waals surface area contributed by atoms with Gasteiger partial charge < -0.3 is 4.74 Å². The molecule has 1 aliphatic rings. The van der Waals surface area contributed by atoms with E-state index >= 15 is 0 Å². The highest BCUT2D eigenvalue weighted by molar-refractivity contribution is 7.98. The SMILES string of the molecule is CSc1ccc(OCC(=O)C2CCCCC2)cc1. The number of ether oxygens (including phenoxy) is 1. The van der Waals surface area contributed by atoms with Crippen LogP contribution in [0.5, 0.6) is 5.75 Å². The van der Waals surface area contributed by atoms with Crippen molar-refractivity contribution in [3.63, 3.8) is 0 Å². The van der Waals surface area contributed by atoms with Gasteiger partial charge in [0, 0.05) is 10.8 Å². The predicted molar refractivity (Wildman–Crippen MR) is 75.3 cm³/mol. The average molecular weight is 264 g/mol. The fourth-order valence-electron chi connectivity index (χ4n) is 2.37. The number of carbonyl (C=O) groups excluding carboxylic acids is 1. The summed E-state index contributed by atoms with van der Waals surface area (Å²) in [5, 5.41) is 0. The van der Waals surface area contributed by atoms with Crippen molar-refractivity contribution < 1.29 is 9.53 Å². The van der Waals surface area contributed by atoms with Crippen LogP contribution in [-0.2, 0) is 4.79 Å². The molecule has 18 heavy (non-hydrogen) atoms. The summed E-state index contributed by atoms with van der Waals surface area (Å²) in [6.07, 6.45) is 7.81. The van der Waals surface area contributed by atoms with Gasteiger partial charge in [-0.1, -0.05) is 19.3 Å². The molecule has 1 fully saturated rings. The molecule has 0 aliphatic heterocycles. The minimum atomic E-state index is 0.225. The zero-order valence-electron chi connectivity index (χ0n) is 10.9. The third kappa shape index (κ3) is 3.77. The van der Waals surface area contributed by atoms with Crippen molar-refractivity contribution in [2.45, 2.75) is 37.0 Å². The van der Waals surface area contributed by atoms with Crippen molar-refractivity contribution >= 4 is 17.5 Å². The lowest BCUT2D eigenvalue weighted by molar-refractivity contribution is -0.125. The fraction of sp³-hybridized carbons (Fsp3) is 0.533. The van der Waals surface area contributed by atoms with Gasteiger partial charge in [0.1, 0.15) is 12.4 Å². The highest BCUT2D eigenvalue weighted by Gasteiger charge is 2.21. The quantitative estimate of drug-likeness (QED) is 0.754. The van der Waals surface area contributed by atoms with Crippen LogP contribution in [0.25, 0.3) is 0 Å². The van der Waals surface area contributed by atoms with Crippen molar-refractivity contribution in [2.75, 3.05) is 12.9 Å². The molecule has 0 unspecified atom stereocenters. The molecule has 2 rings (SSSR count). The highest BCUT2D eigenvalue weighted by atomic mass is 32.2. The van der Waals surface area contributed by atoms with E-state index in [9.17, 15) is 4.79 Å². The molecule has 0 bridgehead atoms. The molecule has 0 atom stereocenters. The Morgan fingerprint density at radius 1 is 1.22 bits per heavy atom. The lowest BCUT2D eigenvalue weighted by atomic mass is 9.86. The van der Waals surface area contributed by atoms with E-state index in [1.54, 1.807) is 11.8 Å². The van der Waals surface area contributed by atoms with E-state index in [2.05, 4.69) is 0 Å². The molecule has 1 aromatic carbocycles. The molecule has 0 heterocycles. The van der Waals surface area contributed by atoms with Crippen LogP contribution < -0.4 is 4.74 Å². The Morgan fingerprint density at radius 3 is 2.50 bits per heavy atom. The summed E-state index contributed by atoms with van der Waals surface area (Å²) in [7, 11) is 0. The lowest BCUT2D eigenvalue weighted by Crippen LogP contribution is -2.23. The van der Waals surface area contributed by atoms with E-state index in [1.807, 2.05) is 30.5 Å². The minimum absolute atomic E-state index is 0.225. The number of ketones is 1. The minimum Gasteiger partial charge on any atom is -0.486 e. The van der Waals surface area contributed by atoms with Gasteiger partial charge in [0.05, 0.1) is 0 Å². The van der Waals surface area contributed by atoms with Crippen LogP contribution in [0, 0.1) is 5.92 Å². The van der Waals surface area contributed by atoms with Crippen molar-refractivity contribution in [2.24, 2.45) is 5.92 Å². The summed E-state index contributed by atoms with van der Waals surface area (Å²) in [5.74, 6) is 1.30. The average Bonchev–Trinajstić information content (AvgIpc) is 2.46. The van der Waals surface area contributed by atoms with E-state index in [1.165, 1.54) is 24.2 Å². The molecule has 0 aromatic heterocycles. The summed E-state index contributed by atoms with van der Waals surface area (Å²) >= 11 is 1.70. The van der Waals surface area contributed by atoms with Gasteiger partial charge in [0.25, 0.3) is 0 Å². The molecule has 2 nitrogen and oxygen atoms in total. The van der Waals surface area contributed by atoms with Gasteiger partial charge in [0.2, 0.25) is 0 Å². The Balaban J connectivity index is 1.80. The first-order valence-electron chi connectivity index (χ1n) is 6.59. The number of benzene rings is 1. The van der Waals surface area contributed by atoms with Crippen molar-refractivity contribution in [3.05, 3.63) is 24.3 Å². The summed E-state index contributed by atoms with van der Waals surface area (Å²) in [4.78, 5) is 13.2. The standard InChI is InChI=1S/C15H20O2S/c1-18-14-9-7-13(8-10-14)17-11-15(16)12-5-3-2-4-6-12/h7-10,12H,2-6,11H2,1H3. The Labute approximate surface area is 113 Å². The molecule has 0 saturated heterocycles. The maximum absolute atomic E-state index is 12.0. The molecule has 1 aliphatic carbocycles. The maximum atomic E-state index is 12.0. The summed E-state index contributed by atoms with van der Waals surface area (Å²) in [6.45, 7) is 0.225. The number of hydrogen-bond donors (Lipinski definition) is 0.